The number of aliphatic hydroxyl groups excluding tert-OH is 1. The predicted octanol–water partition coefficient (Wildman–Crippen LogP) is -0.399. The van der Waals surface area contributed by atoms with Crippen molar-refractivity contribution >= 4 is 11.6 Å². The second-order valence-electron chi connectivity index (χ2n) is 1.57. The first kappa shape index (κ1) is 8.17. The van der Waals surface area contributed by atoms with E-state index in [0.29, 0.717) is 6.42 Å². The van der Waals surface area contributed by atoms with Crippen LogP contribution < -0.4 is 5.73 Å². The highest BCUT2D eigenvalue weighted by Crippen LogP contribution is 1.99. The van der Waals surface area contributed by atoms with Gasteiger partial charge in [-0.05, 0) is 6.42 Å². The maximum absolute atomic E-state index is 8.24. The molecule has 0 heterocycles. The van der Waals surface area contributed by atoms with E-state index in [1.807, 2.05) is 0 Å². The minimum absolute atomic E-state index is 0.241. The second-order valence-corrected chi connectivity index (χ2v) is 2.13. The lowest BCUT2D eigenvalue weighted by Gasteiger charge is -2.02. The molecule has 0 spiro atoms. The van der Waals surface area contributed by atoms with Crippen LogP contribution in [0.3, 0.4) is 0 Å². The Balaban J connectivity index is 2.93. The molecule has 0 rings (SSSR count). The van der Waals surface area contributed by atoms with Crippen LogP contribution in [-0.4, -0.2) is 22.0 Å². The largest absolute Gasteiger partial charge is 0.368 e. The molecule has 0 radical (unpaired) electrons. The quantitative estimate of drug-likeness (QED) is 0.283. The molecular formula is C4H10ClNO2. The van der Waals surface area contributed by atoms with Crippen molar-refractivity contribution in [2.75, 3.05) is 0 Å². The van der Waals surface area contributed by atoms with Gasteiger partial charge in [0, 0.05) is 6.42 Å². The van der Waals surface area contributed by atoms with E-state index in [1.54, 1.807) is 0 Å². The Bertz CT molecular complexity index is 50.0. The van der Waals surface area contributed by atoms with E-state index in [9.17, 15) is 0 Å². The van der Waals surface area contributed by atoms with Crippen LogP contribution in [0.2, 0.25) is 0 Å². The van der Waals surface area contributed by atoms with Gasteiger partial charge in [0.05, 0.1) is 5.50 Å². The lowest BCUT2D eigenvalue weighted by atomic mass is 10.3. The summed E-state index contributed by atoms with van der Waals surface area (Å²) in [4.78, 5) is 0. The maximum atomic E-state index is 8.24. The van der Waals surface area contributed by atoms with Crippen LogP contribution in [0.15, 0.2) is 0 Å². The smallest absolute Gasteiger partial charge is 0.151 e. The molecule has 0 aliphatic carbocycles. The first-order chi connectivity index (χ1) is 3.63. The number of hydrogen-bond donors (Lipinski definition) is 3. The zero-order valence-corrected chi connectivity index (χ0v) is 5.17. The Morgan fingerprint density at radius 2 is 1.88 bits per heavy atom. The lowest BCUT2D eigenvalue weighted by Crippen LogP contribution is -2.15. The van der Waals surface area contributed by atoms with E-state index in [0.717, 1.165) is 0 Å². The fraction of sp³-hybridized carbons (Fsp3) is 1.00. The molecule has 4 heteroatoms. The molecule has 0 fully saturated rings. The molecule has 4 N–H and O–H groups in total. The van der Waals surface area contributed by atoms with Gasteiger partial charge in [-0.3, -0.25) is 0 Å². The third-order valence-electron chi connectivity index (χ3n) is 0.701. The molecule has 1 unspecified atom stereocenters. The molecule has 0 aromatic rings. The number of hydrogen-bond acceptors (Lipinski definition) is 3. The average Bonchev–Trinajstić information content (AvgIpc) is 1.61. The van der Waals surface area contributed by atoms with E-state index in [-0.39, 0.29) is 6.42 Å². The van der Waals surface area contributed by atoms with E-state index in [4.69, 9.17) is 27.5 Å². The summed E-state index contributed by atoms with van der Waals surface area (Å²) in [6, 6.07) is 0. The van der Waals surface area contributed by atoms with Gasteiger partial charge < -0.3 is 15.9 Å². The van der Waals surface area contributed by atoms with E-state index in [2.05, 4.69) is 0 Å². The highest BCUT2D eigenvalue weighted by atomic mass is 35.5. The summed E-state index contributed by atoms with van der Waals surface area (Å²) < 4.78 is 0. The Labute approximate surface area is 53.1 Å². The van der Waals surface area contributed by atoms with Crippen LogP contribution in [0.4, 0.5) is 0 Å². The Hall–Kier alpha value is 0.170. The van der Waals surface area contributed by atoms with Crippen LogP contribution in [0, 0.1) is 0 Å². The molecule has 0 aromatic heterocycles. The van der Waals surface area contributed by atoms with Gasteiger partial charge in [0.25, 0.3) is 0 Å². The van der Waals surface area contributed by atoms with Gasteiger partial charge >= 0.3 is 0 Å². The maximum Gasteiger partial charge on any atom is 0.151 e. The molecular weight excluding hydrogens is 130 g/mol. The SMILES string of the molecule is NC(Cl)CCC(O)O. The number of halogens is 1. The monoisotopic (exact) mass is 139 g/mol. The number of nitrogens with two attached hydrogens (primary N) is 1. The van der Waals surface area contributed by atoms with Crippen LogP contribution in [0.5, 0.6) is 0 Å². The van der Waals surface area contributed by atoms with E-state index < -0.39 is 11.8 Å². The molecule has 0 aromatic carbocycles. The van der Waals surface area contributed by atoms with Gasteiger partial charge in [0.15, 0.2) is 6.29 Å². The van der Waals surface area contributed by atoms with Crippen molar-refractivity contribution in [3.63, 3.8) is 0 Å². The zero-order valence-electron chi connectivity index (χ0n) is 4.42. The number of alkyl halides is 1. The fourth-order valence-electron chi connectivity index (χ4n) is 0.308. The minimum atomic E-state index is -1.28. The number of rotatable bonds is 3. The van der Waals surface area contributed by atoms with Crippen LogP contribution in [-0.2, 0) is 0 Å². The Kier molecular flexibility index (Phi) is 4.18. The molecule has 0 saturated heterocycles. The third-order valence-corrected chi connectivity index (χ3v) is 0.919. The standard InChI is InChI=1S/C4H10ClNO2/c5-3(6)1-2-4(7)8/h3-4,7-8H,1-2,6H2. The summed E-state index contributed by atoms with van der Waals surface area (Å²) in [5.41, 5.74) is 4.62. The highest BCUT2D eigenvalue weighted by molar-refractivity contribution is 6.20. The van der Waals surface area contributed by atoms with Gasteiger partial charge in [-0.1, -0.05) is 0 Å². The molecule has 0 saturated carbocycles. The van der Waals surface area contributed by atoms with Gasteiger partial charge in [0.1, 0.15) is 0 Å². The molecule has 0 aliphatic rings. The molecule has 0 bridgehead atoms. The minimum Gasteiger partial charge on any atom is -0.368 e. The summed E-state index contributed by atoms with van der Waals surface area (Å²) in [7, 11) is 0. The van der Waals surface area contributed by atoms with Crippen molar-refractivity contribution in [1.29, 1.82) is 0 Å². The predicted molar refractivity (Wildman–Crippen MR) is 31.3 cm³/mol. The van der Waals surface area contributed by atoms with Crippen molar-refractivity contribution in [2.24, 2.45) is 5.73 Å². The average molecular weight is 140 g/mol. The summed E-state index contributed by atoms with van der Waals surface area (Å²) in [5.74, 6) is 0. The molecule has 0 amide bonds. The zero-order chi connectivity index (χ0) is 6.57. The van der Waals surface area contributed by atoms with Crippen LogP contribution in [0.25, 0.3) is 0 Å². The highest BCUT2D eigenvalue weighted by Gasteiger charge is 2.00. The topological polar surface area (TPSA) is 66.5 Å². The summed E-state index contributed by atoms with van der Waals surface area (Å²) in [5, 5.41) is 16.5. The molecule has 1 atom stereocenters. The fourth-order valence-corrected chi connectivity index (χ4v) is 0.434. The summed E-state index contributed by atoms with van der Waals surface area (Å²) in [6.07, 6.45) is -0.607. The van der Waals surface area contributed by atoms with Crippen molar-refractivity contribution in [3.05, 3.63) is 0 Å². The molecule has 50 valence electrons. The first-order valence-electron chi connectivity index (χ1n) is 2.38. The van der Waals surface area contributed by atoms with Crippen LogP contribution >= 0.6 is 11.6 Å². The Morgan fingerprint density at radius 3 is 2.00 bits per heavy atom. The summed E-state index contributed by atoms with van der Waals surface area (Å²) >= 11 is 5.28. The summed E-state index contributed by atoms with van der Waals surface area (Å²) in [6.45, 7) is 0. The van der Waals surface area contributed by atoms with Gasteiger partial charge in [-0.2, -0.15) is 0 Å². The molecule has 3 nitrogen and oxygen atoms in total. The van der Waals surface area contributed by atoms with Gasteiger partial charge in [-0.25, -0.2) is 0 Å². The van der Waals surface area contributed by atoms with Crippen LogP contribution in [0.1, 0.15) is 12.8 Å². The van der Waals surface area contributed by atoms with Crippen molar-refractivity contribution < 1.29 is 10.2 Å². The van der Waals surface area contributed by atoms with Gasteiger partial charge in [-0.15, -0.1) is 11.6 Å². The van der Waals surface area contributed by atoms with Crippen molar-refractivity contribution in [3.8, 4) is 0 Å². The number of aliphatic hydroxyl groups is 2. The van der Waals surface area contributed by atoms with E-state index >= 15 is 0 Å². The first-order valence-corrected chi connectivity index (χ1v) is 2.82. The molecule has 0 aliphatic heterocycles. The normalized spacial score (nSPS) is 14.6. The van der Waals surface area contributed by atoms with Gasteiger partial charge in [0.2, 0.25) is 0 Å². The lowest BCUT2D eigenvalue weighted by molar-refractivity contribution is -0.0462. The van der Waals surface area contributed by atoms with E-state index in [1.165, 1.54) is 0 Å². The van der Waals surface area contributed by atoms with Crippen molar-refractivity contribution in [2.45, 2.75) is 24.6 Å². The Morgan fingerprint density at radius 1 is 1.38 bits per heavy atom. The molecule has 8 heavy (non-hydrogen) atoms. The second kappa shape index (κ2) is 4.09. The third kappa shape index (κ3) is 6.17. The van der Waals surface area contributed by atoms with Crippen molar-refractivity contribution in [1.82, 2.24) is 0 Å².